The Morgan fingerprint density at radius 1 is 1.22 bits per heavy atom. The Hall–Kier alpha value is -1.08. The van der Waals surface area contributed by atoms with E-state index in [1.807, 2.05) is 0 Å². The maximum absolute atomic E-state index is 11.8. The Morgan fingerprint density at radius 3 is 2.44 bits per heavy atom. The largest absolute Gasteiger partial charge is 0.477 e. The SMILES string of the molecule is O=C(O)c1ccc(NC(=O)c2cc(Cl)sc2Cl)s1. The lowest BCUT2D eigenvalue weighted by Crippen LogP contribution is -2.10. The van der Waals surface area contributed by atoms with Gasteiger partial charge >= 0.3 is 5.97 Å². The van der Waals surface area contributed by atoms with Crippen molar-refractivity contribution in [2.24, 2.45) is 0 Å². The molecule has 2 heterocycles. The van der Waals surface area contributed by atoms with Gasteiger partial charge in [0.25, 0.3) is 5.91 Å². The Bertz CT molecular complexity index is 620. The molecule has 0 aliphatic carbocycles. The van der Waals surface area contributed by atoms with E-state index < -0.39 is 11.9 Å². The van der Waals surface area contributed by atoms with Crippen LogP contribution in [0.25, 0.3) is 0 Å². The van der Waals surface area contributed by atoms with Crippen LogP contribution in [0.2, 0.25) is 8.67 Å². The van der Waals surface area contributed by atoms with Gasteiger partial charge in [0.05, 0.1) is 14.9 Å². The van der Waals surface area contributed by atoms with Crippen molar-refractivity contribution in [1.82, 2.24) is 0 Å². The molecule has 94 valence electrons. The van der Waals surface area contributed by atoms with E-state index in [1.165, 1.54) is 18.2 Å². The lowest BCUT2D eigenvalue weighted by Gasteiger charge is -1.99. The first-order valence-electron chi connectivity index (χ1n) is 4.56. The number of carbonyl (C=O) groups is 2. The summed E-state index contributed by atoms with van der Waals surface area (Å²) in [6.45, 7) is 0. The van der Waals surface area contributed by atoms with Crippen molar-refractivity contribution in [2.75, 3.05) is 5.32 Å². The van der Waals surface area contributed by atoms with Crippen LogP contribution >= 0.6 is 45.9 Å². The number of nitrogens with one attached hydrogen (secondary N) is 1. The molecule has 18 heavy (non-hydrogen) atoms. The first kappa shape index (κ1) is 13.4. The highest BCUT2D eigenvalue weighted by Crippen LogP contribution is 2.32. The van der Waals surface area contributed by atoms with Crippen LogP contribution in [0.5, 0.6) is 0 Å². The third-order valence-electron chi connectivity index (χ3n) is 1.95. The topological polar surface area (TPSA) is 66.4 Å². The maximum Gasteiger partial charge on any atom is 0.345 e. The summed E-state index contributed by atoms with van der Waals surface area (Å²) in [6, 6.07) is 4.41. The smallest absolute Gasteiger partial charge is 0.345 e. The predicted molar refractivity (Wildman–Crippen MR) is 73.6 cm³/mol. The van der Waals surface area contributed by atoms with Crippen molar-refractivity contribution in [3.8, 4) is 0 Å². The Morgan fingerprint density at radius 2 is 1.94 bits per heavy atom. The molecule has 2 aromatic heterocycles. The summed E-state index contributed by atoms with van der Waals surface area (Å²) < 4.78 is 0.718. The molecule has 0 radical (unpaired) electrons. The fourth-order valence-electron chi connectivity index (χ4n) is 1.19. The molecule has 0 aromatic carbocycles. The van der Waals surface area contributed by atoms with Gasteiger partial charge in [-0.05, 0) is 18.2 Å². The summed E-state index contributed by atoms with van der Waals surface area (Å²) in [5, 5.41) is 11.8. The average molecular weight is 322 g/mol. The molecule has 0 bridgehead atoms. The van der Waals surface area contributed by atoms with E-state index in [0.717, 1.165) is 22.7 Å². The van der Waals surface area contributed by atoms with Crippen LogP contribution < -0.4 is 5.32 Å². The second-order valence-corrected chi connectivity index (χ2v) is 6.53. The van der Waals surface area contributed by atoms with Gasteiger partial charge < -0.3 is 10.4 Å². The highest BCUT2D eigenvalue weighted by molar-refractivity contribution is 7.20. The van der Waals surface area contributed by atoms with E-state index in [9.17, 15) is 9.59 Å². The van der Waals surface area contributed by atoms with Gasteiger partial charge in [0, 0.05) is 0 Å². The van der Waals surface area contributed by atoms with Crippen molar-refractivity contribution in [1.29, 1.82) is 0 Å². The van der Waals surface area contributed by atoms with Crippen molar-refractivity contribution >= 4 is 62.8 Å². The van der Waals surface area contributed by atoms with Crippen LogP contribution in [0.3, 0.4) is 0 Å². The Kier molecular flexibility index (Phi) is 3.91. The zero-order valence-corrected chi connectivity index (χ0v) is 11.7. The minimum Gasteiger partial charge on any atom is -0.477 e. The molecule has 0 atom stereocenters. The summed E-state index contributed by atoms with van der Waals surface area (Å²) in [4.78, 5) is 22.7. The molecule has 0 aliphatic heterocycles. The summed E-state index contributed by atoms with van der Waals surface area (Å²) in [6.07, 6.45) is 0. The van der Waals surface area contributed by atoms with Gasteiger partial charge in [-0.1, -0.05) is 23.2 Å². The minimum atomic E-state index is -1.03. The Balaban J connectivity index is 2.16. The monoisotopic (exact) mass is 321 g/mol. The number of carboxylic acid groups (broad SMARTS) is 1. The van der Waals surface area contributed by atoms with Gasteiger partial charge in [-0.2, -0.15) is 0 Å². The van der Waals surface area contributed by atoms with Crippen LogP contribution in [-0.2, 0) is 0 Å². The molecule has 0 unspecified atom stereocenters. The van der Waals surface area contributed by atoms with E-state index in [1.54, 1.807) is 0 Å². The number of hydrogen-bond acceptors (Lipinski definition) is 4. The second kappa shape index (κ2) is 5.27. The first-order valence-corrected chi connectivity index (χ1v) is 6.95. The molecule has 2 rings (SSSR count). The first-order chi connectivity index (χ1) is 8.47. The van der Waals surface area contributed by atoms with E-state index in [-0.39, 0.29) is 10.4 Å². The zero-order valence-electron chi connectivity index (χ0n) is 8.57. The van der Waals surface area contributed by atoms with Crippen LogP contribution in [0.15, 0.2) is 18.2 Å². The molecular weight excluding hydrogens is 317 g/mol. The molecular formula is C10H5Cl2NO3S2. The van der Waals surface area contributed by atoms with Crippen molar-refractivity contribution in [2.45, 2.75) is 0 Å². The summed E-state index contributed by atoms with van der Waals surface area (Å²) >= 11 is 13.7. The molecule has 2 N–H and O–H groups in total. The molecule has 0 aliphatic rings. The molecule has 0 saturated heterocycles. The fourth-order valence-corrected chi connectivity index (χ4v) is 3.39. The number of carbonyl (C=O) groups excluding carboxylic acids is 1. The van der Waals surface area contributed by atoms with E-state index in [2.05, 4.69) is 5.32 Å². The fraction of sp³-hybridized carbons (Fsp3) is 0. The van der Waals surface area contributed by atoms with Crippen molar-refractivity contribution in [3.63, 3.8) is 0 Å². The van der Waals surface area contributed by atoms with E-state index in [4.69, 9.17) is 28.3 Å². The molecule has 8 heteroatoms. The van der Waals surface area contributed by atoms with Crippen LogP contribution in [0, 0.1) is 0 Å². The maximum atomic E-state index is 11.8. The lowest BCUT2D eigenvalue weighted by molar-refractivity contribution is 0.0702. The molecule has 0 spiro atoms. The second-order valence-electron chi connectivity index (χ2n) is 3.16. The number of halogens is 2. The number of amides is 1. The number of rotatable bonds is 3. The number of carboxylic acids is 1. The average Bonchev–Trinajstić information content (AvgIpc) is 2.85. The van der Waals surface area contributed by atoms with Crippen molar-refractivity contribution < 1.29 is 14.7 Å². The molecule has 4 nitrogen and oxygen atoms in total. The predicted octanol–water partition coefficient (Wildman–Crippen LogP) is 4.07. The molecule has 1 amide bonds. The summed E-state index contributed by atoms with van der Waals surface area (Å²) in [5.41, 5.74) is 0.275. The molecule has 0 saturated carbocycles. The number of aromatic carboxylic acids is 1. The van der Waals surface area contributed by atoms with Gasteiger partial charge in [0.2, 0.25) is 0 Å². The van der Waals surface area contributed by atoms with Gasteiger partial charge in [-0.3, -0.25) is 4.79 Å². The zero-order chi connectivity index (χ0) is 13.3. The lowest BCUT2D eigenvalue weighted by atomic mass is 10.3. The van der Waals surface area contributed by atoms with Crippen LogP contribution in [0.1, 0.15) is 20.0 Å². The number of hydrogen-bond donors (Lipinski definition) is 2. The number of thiophene rings is 2. The third-order valence-corrected chi connectivity index (χ3v) is 4.43. The van der Waals surface area contributed by atoms with Crippen molar-refractivity contribution in [3.05, 3.63) is 37.3 Å². The summed E-state index contributed by atoms with van der Waals surface area (Å²) in [7, 11) is 0. The normalized spacial score (nSPS) is 10.3. The van der Waals surface area contributed by atoms with Gasteiger partial charge in [-0.25, -0.2) is 4.79 Å². The quantitative estimate of drug-likeness (QED) is 0.895. The highest BCUT2D eigenvalue weighted by Gasteiger charge is 2.16. The third kappa shape index (κ3) is 2.84. The molecule has 2 aromatic rings. The summed E-state index contributed by atoms with van der Waals surface area (Å²) in [5.74, 6) is -1.45. The van der Waals surface area contributed by atoms with E-state index >= 15 is 0 Å². The number of anilines is 1. The standard InChI is InChI=1S/C10H5Cl2NO3S2/c11-6-3-4(8(12)18-6)9(14)13-7-2-1-5(17-7)10(15)16/h1-3H,(H,13,14)(H,15,16). The minimum absolute atomic E-state index is 0.153. The molecule has 0 fully saturated rings. The van der Waals surface area contributed by atoms with Crippen LogP contribution in [0.4, 0.5) is 5.00 Å². The van der Waals surface area contributed by atoms with Gasteiger partial charge in [-0.15, -0.1) is 22.7 Å². The van der Waals surface area contributed by atoms with E-state index in [0.29, 0.717) is 13.7 Å². The Labute approximate surface area is 120 Å². The van der Waals surface area contributed by atoms with Gasteiger partial charge in [0.15, 0.2) is 0 Å². The van der Waals surface area contributed by atoms with Gasteiger partial charge in [0.1, 0.15) is 9.21 Å². The highest BCUT2D eigenvalue weighted by atomic mass is 35.5. The van der Waals surface area contributed by atoms with Crippen LogP contribution in [-0.4, -0.2) is 17.0 Å².